The molecule has 1 saturated carbocycles. The summed E-state index contributed by atoms with van der Waals surface area (Å²) in [5.41, 5.74) is 7.14. The van der Waals surface area contributed by atoms with E-state index in [-0.39, 0.29) is 18.1 Å². The highest BCUT2D eigenvalue weighted by molar-refractivity contribution is 5.95. The summed E-state index contributed by atoms with van der Waals surface area (Å²) in [6.45, 7) is 4.10. The Morgan fingerprint density at radius 2 is 2.09 bits per heavy atom. The van der Waals surface area contributed by atoms with E-state index in [1.165, 1.54) is 4.57 Å². The zero-order valence-corrected chi connectivity index (χ0v) is 17.4. The van der Waals surface area contributed by atoms with Crippen LogP contribution in [-0.2, 0) is 6.54 Å². The van der Waals surface area contributed by atoms with Gasteiger partial charge in [0.15, 0.2) is 0 Å². The third kappa shape index (κ3) is 3.30. The number of benzene rings is 1. The first-order chi connectivity index (χ1) is 15.4. The molecule has 10 heteroatoms. The van der Waals surface area contributed by atoms with E-state index in [0.29, 0.717) is 46.8 Å². The van der Waals surface area contributed by atoms with Crippen molar-refractivity contribution in [2.45, 2.75) is 25.0 Å². The summed E-state index contributed by atoms with van der Waals surface area (Å²) in [6, 6.07) is 8.95. The zero-order chi connectivity index (χ0) is 22.5. The minimum atomic E-state index is -0.988. The highest BCUT2D eigenvalue weighted by Gasteiger charge is 2.44. The molecule has 1 aliphatic carbocycles. The molecule has 0 saturated heterocycles. The topological polar surface area (TPSA) is 134 Å². The van der Waals surface area contributed by atoms with Crippen molar-refractivity contribution in [2.75, 3.05) is 12.8 Å². The van der Waals surface area contributed by atoms with Crippen molar-refractivity contribution in [3.05, 3.63) is 65.2 Å². The van der Waals surface area contributed by atoms with E-state index in [1.807, 2.05) is 12.1 Å². The number of pyridine rings is 1. The van der Waals surface area contributed by atoms with Gasteiger partial charge >= 0.3 is 0 Å². The molecule has 10 nitrogen and oxygen atoms in total. The molecule has 0 radical (unpaired) electrons. The number of aromatic nitrogens is 6. The van der Waals surface area contributed by atoms with Gasteiger partial charge in [-0.15, -0.1) is 5.10 Å². The van der Waals surface area contributed by atoms with E-state index in [0.717, 1.165) is 5.39 Å². The van der Waals surface area contributed by atoms with E-state index in [4.69, 9.17) is 10.5 Å². The van der Waals surface area contributed by atoms with Gasteiger partial charge in [0.25, 0.3) is 5.56 Å². The maximum atomic E-state index is 12.9. The van der Waals surface area contributed by atoms with Gasteiger partial charge in [0.05, 0.1) is 25.5 Å². The van der Waals surface area contributed by atoms with Gasteiger partial charge in [-0.3, -0.25) is 9.36 Å². The molecule has 0 spiro atoms. The van der Waals surface area contributed by atoms with Crippen molar-refractivity contribution in [3.8, 4) is 17.1 Å². The molecule has 0 atom stereocenters. The molecule has 1 fully saturated rings. The minimum Gasteiger partial charge on any atom is -0.494 e. The fourth-order valence-electron chi connectivity index (χ4n) is 3.66. The molecule has 1 aromatic carbocycles. The van der Waals surface area contributed by atoms with Crippen LogP contribution in [0.5, 0.6) is 5.75 Å². The second-order valence-electron chi connectivity index (χ2n) is 7.78. The van der Waals surface area contributed by atoms with Crippen LogP contribution in [0.25, 0.3) is 28.0 Å². The first-order valence-corrected chi connectivity index (χ1v) is 10.0. The number of nitrogens with zero attached hydrogens (tertiary/aromatic N) is 6. The predicted octanol–water partition coefficient (Wildman–Crippen LogP) is 1.68. The molecule has 3 aromatic heterocycles. The van der Waals surface area contributed by atoms with E-state index < -0.39 is 5.60 Å². The Morgan fingerprint density at radius 1 is 1.28 bits per heavy atom. The fourth-order valence-corrected chi connectivity index (χ4v) is 3.66. The van der Waals surface area contributed by atoms with Crippen LogP contribution in [0, 0.1) is 0 Å². The number of anilines is 1. The second-order valence-corrected chi connectivity index (χ2v) is 7.78. The quantitative estimate of drug-likeness (QED) is 0.471. The molecule has 0 aliphatic heterocycles. The number of nitrogen functional groups attached to an aromatic ring is 1. The van der Waals surface area contributed by atoms with Gasteiger partial charge in [0.2, 0.25) is 5.95 Å². The number of ether oxygens (including phenoxy) is 1. The molecule has 0 amide bonds. The third-order valence-electron chi connectivity index (χ3n) is 5.62. The smallest absolute Gasteiger partial charge is 0.259 e. The molecule has 0 unspecified atom stereocenters. The number of aliphatic hydroxyl groups is 1. The Balaban J connectivity index is 1.50. The molecule has 3 heterocycles. The van der Waals surface area contributed by atoms with Crippen LogP contribution in [-0.4, -0.2) is 47.3 Å². The minimum absolute atomic E-state index is 0.0917. The molecule has 3 N–H and O–H groups in total. The van der Waals surface area contributed by atoms with Crippen molar-refractivity contribution in [1.82, 2.24) is 29.5 Å². The van der Waals surface area contributed by atoms with Crippen molar-refractivity contribution >= 4 is 22.5 Å². The van der Waals surface area contributed by atoms with E-state index in [1.54, 1.807) is 42.4 Å². The Kier molecular flexibility index (Phi) is 4.52. The van der Waals surface area contributed by atoms with Gasteiger partial charge in [0, 0.05) is 17.1 Å². The SMILES string of the molecule is C=C(n1cccc(Cn2cc(-c3nc(N)nc4c(OC)cccc34)nn2)c1=O)C1(O)CC1. The summed E-state index contributed by atoms with van der Waals surface area (Å²) in [4.78, 5) is 21.6. The first kappa shape index (κ1) is 19.9. The molecule has 1 aliphatic rings. The van der Waals surface area contributed by atoms with Gasteiger partial charge in [-0.25, -0.2) is 14.6 Å². The monoisotopic (exact) mass is 431 g/mol. The highest BCUT2D eigenvalue weighted by Crippen LogP contribution is 2.42. The number of hydrogen-bond acceptors (Lipinski definition) is 8. The Labute approximate surface area is 182 Å². The summed E-state index contributed by atoms with van der Waals surface area (Å²) in [5.74, 6) is 0.668. The van der Waals surface area contributed by atoms with Crippen molar-refractivity contribution in [1.29, 1.82) is 0 Å². The van der Waals surface area contributed by atoms with Crippen molar-refractivity contribution in [2.24, 2.45) is 0 Å². The van der Waals surface area contributed by atoms with Crippen LogP contribution in [0.4, 0.5) is 5.95 Å². The Hall–Kier alpha value is -4.05. The number of fused-ring (bicyclic) bond motifs is 1. The molecule has 4 aromatic rings. The third-order valence-corrected chi connectivity index (χ3v) is 5.62. The van der Waals surface area contributed by atoms with Gasteiger partial charge < -0.3 is 15.6 Å². The molecular formula is C22H21N7O3. The van der Waals surface area contributed by atoms with Crippen LogP contribution in [0.15, 0.2) is 54.1 Å². The predicted molar refractivity (Wildman–Crippen MR) is 119 cm³/mol. The van der Waals surface area contributed by atoms with Crippen molar-refractivity contribution in [3.63, 3.8) is 0 Å². The van der Waals surface area contributed by atoms with Gasteiger partial charge in [-0.05, 0) is 25.0 Å². The molecule has 5 rings (SSSR count). The van der Waals surface area contributed by atoms with Gasteiger partial charge in [-0.1, -0.05) is 30.0 Å². The van der Waals surface area contributed by atoms with Crippen molar-refractivity contribution < 1.29 is 9.84 Å². The number of methoxy groups -OCH3 is 1. The maximum Gasteiger partial charge on any atom is 0.259 e. The van der Waals surface area contributed by atoms with Crippen LogP contribution in [0.2, 0.25) is 0 Å². The summed E-state index contributed by atoms with van der Waals surface area (Å²) in [7, 11) is 1.56. The number of nitrogens with two attached hydrogens (primary N) is 1. The summed E-state index contributed by atoms with van der Waals surface area (Å²) in [5, 5.41) is 19.4. The average Bonchev–Trinajstić information content (AvgIpc) is 3.37. The van der Waals surface area contributed by atoms with Crippen LogP contribution in [0.1, 0.15) is 18.4 Å². The summed E-state index contributed by atoms with van der Waals surface area (Å²) in [6.07, 6.45) is 4.52. The lowest BCUT2D eigenvalue weighted by atomic mass is 10.1. The summed E-state index contributed by atoms with van der Waals surface area (Å²) < 4.78 is 8.33. The molecule has 0 bridgehead atoms. The average molecular weight is 431 g/mol. The zero-order valence-electron chi connectivity index (χ0n) is 17.4. The molecule has 162 valence electrons. The number of hydrogen-bond donors (Lipinski definition) is 2. The fraction of sp³-hybridized carbons (Fsp3) is 0.227. The first-order valence-electron chi connectivity index (χ1n) is 10.0. The number of para-hydroxylation sites is 1. The Morgan fingerprint density at radius 3 is 2.84 bits per heavy atom. The second kappa shape index (κ2) is 7.27. The maximum absolute atomic E-state index is 12.9. The normalized spacial score (nSPS) is 14.4. The molecular weight excluding hydrogens is 410 g/mol. The summed E-state index contributed by atoms with van der Waals surface area (Å²) >= 11 is 0. The van der Waals surface area contributed by atoms with Gasteiger partial charge in [-0.2, -0.15) is 0 Å². The van der Waals surface area contributed by atoms with Crippen LogP contribution >= 0.6 is 0 Å². The van der Waals surface area contributed by atoms with E-state index in [9.17, 15) is 9.90 Å². The van der Waals surface area contributed by atoms with Crippen LogP contribution in [0.3, 0.4) is 0 Å². The molecule has 32 heavy (non-hydrogen) atoms. The van der Waals surface area contributed by atoms with Crippen LogP contribution < -0.4 is 16.0 Å². The lowest BCUT2D eigenvalue weighted by molar-refractivity contribution is 0.205. The van der Waals surface area contributed by atoms with E-state index in [2.05, 4.69) is 26.9 Å². The largest absolute Gasteiger partial charge is 0.494 e. The number of rotatable bonds is 6. The standard InChI is InChI=1S/C22H21N7O3/c1-13(22(31)8-9-22)29-10-4-5-14(20(29)30)11-28-12-16(26-27-28)18-15-6-3-7-17(32-2)19(15)25-21(23)24-18/h3-7,10,12,31H,1,8-9,11H2,2H3,(H2,23,24,25). The van der Waals surface area contributed by atoms with Gasteiger partial charge in [0.1, 0.15) is 28.3 Å². The van der Waals surface area contributed by atoms with E-state index >= 15 is 0 Å². The Bertz CT molecular complexity index is 1420. The lowest BCUT2D eigenvalue weighted by Gasteiger charge is -2.15. The lowest BCUT2D eigenvalue weighted by Crippen LogP contribution is -2.28. The highest BCUT2D eigenvalue weighted by atomic mass is 16.5.